The van der Waals surface area contributed by atoms with Crippen LogP contribution in [0.3, 0.4) is 0 Å². The van der Waals surface area contributed by atoms with E-state index in [0.29, 0.717) is 12.3 Å². The molecule has 0 bridgehead atoms. The van der Waals surface area contributed by atoms with Gasteiger partial charge in [0.1, 0.15) is 11.0 Å². The Kier molecular flexibility index (Phi) is 5.72. The lowest BCUT2D eigenvalue weighted by Gasteiger charge is -2.17. The van der Waals surface area contributed by atoms with Gasteiger partial charge in [-0.15, -0.1) is 0 Å². The van der Waals surface area contributed by atoms with Gasteiger partial charge < -0.3 is 5.11 Å². The highest BCUT2D eigenvalue weighted by Crippen LogP contribution is 2.29. The predicted molar refractivity (Wildman–Crippen MR) is 107 cm³/mol. The van der Waals surface area contributed by atoms with Gasteiger partial charge in [-0.1, -0.05) is 58.0 Å². The molecule has 1 aromatic heterocycles. The monoisotopic (exact) mass is 351 g/mol. The van der Waals surface area contributed by atoms with Gasteiger partial charge in [-0.2, -0.15) is 15.4 Å². The molecule has 2 N–H and O–H groups in total. The number of aromatic nitrogens is 3. The molecule has 0 aliphatic carbocycles. The first-order valence-corrected chi connectivity index (χ1v) is 9.55. The molecule has 0 radical (unpaired) electrons. The number of fused-ring (bicyclic) bond motifs is 1. The van der Waals surface area contributed by atoms with Crippen LogP contribution in [0.2, 0.25) is 0 Å². The zero-order valence-electron chi connectivity index (χ0n) is 16.2. The summed E-state index contributed by atoms with van der Waals surface area (Å²) in [5, 5.41) is 21.6. The minimum atomic E-state index is -0.328. The Bertz CT molecular complexity index is 867. The van der Waals surface area contributed by atoms with Crippen LogP contribution < -0.4 is 0 Å². The van der Waals surface area contributed by atoms with Crippen LogP contribution in [0.4, 0.5) is 0 Å². The summed E-state index contributed by atoms with van der Waals surface area (Å²) >= 11 is 0. The van der Waals surface area contributed by atoms with Crippen molar-refractivity contribution in [2.75, 3.05) is 0 Å². The fraction of sp³-hybridized carbons (Fsp3) is 0.455. The van der Waals surface area contributed by atoms with Crippen molar-refractivity contribution in [3.05, 3.63) is 47.5 Å². The predicted octanol–water partition coefficient (Wildman–Crippen LogP) is 4.77. The molecule has 3 rings (SSSR count). The van der Waals surface area contributed by atoms with E-state index in [-0.39, 0.29) is 12.0 Å². The molecule has 1 heterocycles. The van der Waals surface area contributed by atoms with Gasteiger partial charge in [0.2, 0.25) is 0 Å². The molecule has 26 heavy (non-hydrogen) atoms. The van der Waals surface area contributed by atoms with Crippen molar-refractivity contribution in [2.24, 2.45) is 11.8 Å². The number of hydrogen-bond donors (Lipinski definition) is 2. The molecule has 0 spiro atoms. The Balaban J connectivity index is 2.02. The smallest absolute Gasteiger partial charge is 0.120 e. The van der Waals surface area contributed by atoms with Gasteiger partial charge in [-0.3, -0.25) is 0 Å². The summed E-state index contributed by atoms with van der Waals surface area (Å²) in [6.07, 6.45) is 2.55. The van der Waals surface area contributed by atoms with E-state index < -0.39 is 0 Å². The molecule has 4 nitrogen and oxygen atoms in total. The molecule has 3 aromatic rings. The summed E-state index contributed by atoms with van der Waals surface area (Å²) in [6.45, 7) is 8.63. The number of benzene rings is 2. The summed E-state index contributed by atoms with van der Waals surface area (Å²) in [6, 6.07) is 12.8. The second-order valence-corrected chi connectivity index (χ2v) is 7.98. The van der Waals surface area contributed by atoms with E-state index in [9.17, 15) is 5.11 Å². The maximum absolute atomic E-state index is 10.4. The van der Waals surface area contributed by atoms with Crippen LogP contribution in [-0.4, -0.2) is 26.6 Å². The molecule has 0 aliphatic heterocycles. The third-order valence-corrected chi connectivity index (χ3v) is 4.94. The van der Waals surface area contributed by atoms with E-state index in [2.05, 4.69) is 67.4 Å². The molecule has 4 heteroatoms. The first kappa shape index (κ1) is 18.6. The molecule has 0 saturated carbocycles. The number of aryl methyl sites for hydroxylation is 1. The van der Waals surface area contributed by atoms with E-state index in [1.807, 2.05) is 12.1 Å². The lowest BCUT2D eigenvalue weighted by Crippen LogP contribution is -2.17. The zero-order valence-corrected chi connectivity index (χ0v) is 16.2. The first-order valence-electron chi connectivity index (χ1n) is 9.55. The Morgan fingerprint density at radius 2 is 1.77 bits per heavy atom. The molecule has 0 saturated heterocycles. The highest BCUT2D eigenvalue weighted by atomic mass is 16.3. The maximum Gasteiger partial charge on any atom is 0.120 e. The van der Waals surface area contributed by atoms with Gasteiger partial charge in [0.25, 0.3) is 0 Å². The van der Waals surface area contributed by atoms with Crippen LogP contribution in [0.1, 0.15) is 45.2 Å². The molecule has 0 amide bonds. The topological polar surface area (TPSA) is 61.8 Å². The van der Waals surface area contributed by atoms with Crippen molar-refractivity contribution >= 4 is 11.0 Å². The van der Waals surface area contributed by atoms with Crippen molar-refractivity contribution in [2.45, 2.75) is 53.1 Å². The largest absolute Gasteiger partial charge is 0.393 e. The summed E-state index contributed by atoms with van der Waals surface area (Å²) in [5.74, 6) is 0.916. The van der Waals surface area contributed by atoms with Crippen LogP contribution in [0, 0.1) is 11.8 Å². The molecule has 2 aromatic carbocycles. The summed E-state index contributed by atoms with van der Waals surface area (Å²) in [4.78, 5) is 0. The lowest BCUT2D eigenvalue weighted by atomic mass is 9.92. The maximum atomic E-state index is 10.4. The number of aliphatic hydroxyl groups excluding tert-OH is 1. The fourth-order valence-electron chi connectivity index (χ4n) is 3.21. The number of hydrogen-bond acceptors (Lipinski definition) is 3. The quantitative estimate of drug-likeness (QED) is 0.644. The Labute approximate surface area is 155 Å². The number of aliphatic hydroxyl groups is 1. The van der Waals surface area contributed by atoms with Gasteiger partial charge in [-0.25, -0.2) is 0 Å². The molecule has 138 valence electrons. The number of para-hydroxylation sites is 1. The van der Waals surface area contributed by atoms with Crippen molar-refractivity contribution in [3.8, 4) is 11.1 Å². The summed E-state index contributed by atoms with van der Waals surface area (Å²) in [7, 11) is 0. The molecule has 1 unspecified atom stereocenters. The number of H-pyrrole nitrogens is 1. The second kappa shape index (κ2) is 8.00. The minimum absolute atomic E-state index is 0.247. The molecule has 0 fully saturated rings. The zero-order chi connectivity index (χ0) is 18.7. The van der Waals surface area contributed by atoms with E-state index in [1.165, 1.54) is 11.1 Å². The van der Waals surface area contributed by atoms with Gasteiger partial charge in [0, 0.05) is 5.56 Å². The standard InChI is InChI=1S/C22H29N3O/c1-14(2)8-9-16-10-17(13-21(26)15(3)4)12-18(11-16)19-6-5-7-20-22(19)24-25-23-20/h5-7,10-12,14-15,21,26H,8-9,13H2,1-4H3,(H,23,24,25). The Morgan fingerprint density at radius 1 is 1.00 bits per heavy atom. The second-order valence-electron chi connectivity index (χ2n) is 7.98. The SMILES string of the molecule is CC(C)CCc1cc(CC(O)C(C)C)cc(-c2cccc3n[nH]nc23)c1. The third-order valence-electron chi connectivity index (χ3n) is 4.94. The van der Waals surface area contributed by atoms with Crippen molar-refractivity contribution in [1.29, 1.82) is 0 Å². The van der Waals surface area contributed by atoms with Gasteiger partial charge in [0.15, 0.2) is 0 Å². The molecule has 1 atom stereocenters. The highest BCUT2D eigenvalue weighted by molar-refractivity contribution is 5.91. The number of rotatable bonds is 7. The average Bonchev–Trinajstić information content (AvgIpc) is 3.08. The average molecular weight is 351 g/mol. The van der Waals surface area contributed by atoms with Crippen LogP contribution >= 0.6 is 0 Å². The van der Waals surface area contributed by atoms with Crippen molar-refractivity contribution < 1.29 is 5.11 Å². The number of nitrogens with zero attached hydrogens (tertiary/aromatic N) is 2. The van der Waals surface area contributed by atoms with Gasteiger partial charge in [-0.05, 0) is 53.9 Å². The molecular formula is C22H29N3O. The normalized spacial score (nSPS) is 13.0. The van der Waals surface area contributed by atoms with Crippen molar-refractivity contribution in [1.82, 2.24) is 15.4 Å². The van der Waals surface area contributed by atoms with E-state index in [4.69, 9.17) is 0 Å². The lowest BCUT2D eigenvalue weighted by molar-refractivity contribution is 0.125. The van der Waals surface area contributed by atoms with Gasteiger partial charge >= 0.3 is 0 Å². The number of nitrogens with one attached hydrogen (secondary N) is 1. The first-order chi connectivity index (χ1) is 12.4. The Morgan fingerprint density at radius 3 is 2.50 bits per heavy atom. The van der Waals surface area contributed by atoms with Crippen LogP contribution in [-0.2, 0) is 12.8 Å². The van der Waals surface area contributed by atoms with Gasteiger partial charge in [0.05, 0.1) is 6.10 Å². The van der Waals surface area contributed by atoms with Crippen LogP contribution in [0.15, 0.2) is 36.4 Å². The van der Waals surface area contributed by atoms with E-state index in [0.717, 1.165) is 35.0 Å². The van der Waals surface area contributed by atoms with Crippen molar-refractivity contribution in [3.63, 3.8) is 0 Å². The van der Waals surface area contributed by atoms with Crippen LogP contribution in [0.5, 0.6) is 0 Å². The number of aromatic amines is 1. The highest BCUT2D eigenvalue weighted by Gasteiger charge is 2.14. The summed E-state index contributed by atoms with van der Waals surface area (Å²) < 4.78 is 0. The van der Waals surface area contributed by atoms with Crippen LogP contribution in [0.25, 0.3) is 22.2 Å². The molecule has 0 aliphatic rings. The minimum Gasteiger partial charge on any atom is -0.393 e. The third kappa shape index (κ3) is 4.31. The summed E-state index contributed by atoms with van der Waals surface area (Å²) in [5.41, 5.74) is 6.51. The fourth-order valence-corrected chi connectivity index (χ4v) is 3.21. The molecular weight excluding hydrogens is 322 g/mol. The Hall–Kier alpha value is -2.20. The van der Waals surface area contributed by atoms with E-state index >= 15 is 0 Å². The van der Waals surface area contributed by atoms with E-state index in [1.54, 1.807) is 0 Å².